The summed E-state index contributed by atoms with van der Waals surface area (Å²) in [5.74, 6) is 2.92. The van der Waals surface area contributed by atoms with Crippen LogP contribution in [0.5, 0.6) is 0 Å². The highest BCUT2D eigenvalue weighted by atomic mass is 32.2. The van der Waals surface area contributed by atoms with Crippen molar-refractivity contribution in [3.8, 4) is 0 Å². The molecule has 1 fully saturated rings. The second-order valence-corrected chi connectivity index (χ2v) is 10.3. The molecule has 0 bridgehead atoms. The van der Waals surface area contributed by atoms with Gasteiger partial charge in [-0.2, -0.15) is 11.8 Å². The van der Waals surface area contributed by atoms with Gasteiger partial charge in [0.1, 0.15) is 10.7 Å². The molecular weight excluding hydrogens is 444 g/mol. The predicted molar refractivity (Wildman–Crippen MR) is 128 cm³/mol. The van der Waals surface area contributed by atoms with Gasteiger partial charge in [0.25, 0.3) is 5.56 Å². The molecule has 2 aliphatic rings. The Labute approximate surface area is 194 Å². The zero-order valence-electron chi connectivity index (χ0n) is 17.9. The normalized spacial score (nSPS) is 16.4. The van der Waals surface area contributed by atoms with Crippen molar-refractivity contribution in [2.24, 2.45) is 0 Å². The average Bonchev–Trinajstić information content (AvgIpc) is 3.21. The number of H-pyrrole nitrogens is 1. The maximum absolute atomic E-state index is 12.6. The molecule has 1 aliphatic carbocycles. The maximum Gasteiger partial charge on any atom is 0.259 e. The fourth-order valence-electron chi connectivity index (χ4n) is 4.37. The number of nitrogens with one attached hydrogen (secondary N) is 1. The molecule has 4 heterocycles. The third kappa shape index (κ3) is 4.52. The van der Waals surface area contributed by atoms with Gasteiger partial charge in [-0.05, 0) is 37.3 Å². The van der Waals surface area contributed by atoms with E-state index in [1.54, 1.807) is 41.6 Å². The van der Waals surface area contributed by atoms with Gasteiger partial charge in [-0.25, -0.2) is 15.0 Å². The van der Waals surface area contributed by atoms with E-state index in [-0.39, 0.29) is 11.5 Å². The van der Waals surface area contributed by atoms with Crippen LogP contribution < -0.4 is 10.5 Å². The molecular formula is C22H26N6O2S2. The Kier molecular flexibility index (Phi) is 6.40. The molecule has 1 N–H and O–H groups in total. The van der Waals surface area contributed by atoms with E-state index in [4.69, 9.17) is 4.98 Å². The van der Waals surface area contributed by atoms with E-state index < -0.39 is 0 Å². The Hall–Kier alpha value is -2.46. The van der Waals surface area contributed by atoms with Crippen molar-refractivity contribution in [3.05, 3.63) is 45.1 Å². The molecule has 168 valence electrons. The van der Waals surface area contributed by atoms with Crippen LogP contribution in [-0.4, -0.2) is 62.7 Å². The number of thioether (sulfide) groups is 1. The number of rotatable bonds is 6. The zero-order valence-corrected chi connectivity index (χ0v) is 19.5. The van der Waals surface area contributed by atoms with Crippen molar-refractivity contribution >= 4 is 45.2 Å². The van der Waals surface area contributed by atoms with E-state index in [1.807, 2.05) is 4.90 Å². The first-order valence-electron chi connectivity index (χ1n) is 11.1. The van der Waals surface area contributed by atoms with Crippen LogP contribution in [0.25, 0.3) is 10.2 Å². The number of aryl methyl sites for hydroxylation is 2. The Morgan fingerprint density at radius 3 is 2.72 bits per heavy atom. The van der Waals surface area contributed by atoms with Gasteiger partial charge in [-0.3, -0.25) is 9.59 Å². The second kappa shape index (κ2) is 9.58. The van der Waals surface area contributed by atoms with Crippen LogP contribution >= 0.6 is 23.1 Å². The Morgan fingerprint density at radius 2 is 1.91 bits per heavy atom. The zero-order chi connectivity index (χ0) is 21.9. The molecule has 3 aromatic heterocycles. The lowest BCUT2D eigenvalue weighted by Gasteiger charge is -2.34. The van der Waals surface area contributed by atoms with E-state index in [9.17, 15) is 9.59 Å². The monoisotopic (exact) mass is 470 g/mol. The van der Waals surface area contributed by atoms with Crippen molar-refractivity contribution in [1.82, 2.24) is 24.8 Å². The van der Waals surface area contributed by atoms with Crippen LogP contribution in [0.3, 0.4) is 0 Å². The molecule has 0 spiro atoms. The Balaban J connectivity index is 1.10. The number of aromatic nitrogens is 4. The van der Waals surface area contributed by atoms with Gasteiger partial charge in [-0.15, -0.1) is 11.3 Å². The fraction of sp³-hybridized carbons (Fsp3) is 0.500. The summed E-state index contributed by atoms with van der Waals surface area (Å²) >= 11 is 3.32. The molecule has 0 aromatic carbocycles. The smallest absolute Gasteiger partial charge is 0.259 e. The van der Waals surface area contributed by atoms with E-state index in [0.717, 1.165) is 48.5 Å². The number of thiophene rings is 1. The van der Waals surface area contributed by atoms with Crippen LogP contribution in [0.15, 0.2) is 23.3 Å². The number of nitrogens with zero attached hydrogens (tertiary/aromatic N) is 5. The van der Waals surface area contributed by atoms with Crippen molar-refractivity contribution in [1.29, 1.82) is 0 Å². The summed E-state index contributed by atoms with van der Waals surface area (Å²) < 4.78 is 0. The van der Waals surface area contributed by atoms with Crippen molar-refractivity contribution in [2.75, 3.05) is 36.8 Å². The standard InChI is InChI=1S/C22H26N6O2S2/c29-18(27-9-11-28(12-10-27)22-23-7-3-8-24-22)6-13-31-14-17-25-20(30)19-15-4-1-2-5-16(15)32-21(19)26-17/h3,7-8H,1-2,4-6,9-14H2,(H,25,26,30). The van der Waals surface area contributed by atoms with Crippen molar-refractivity contribution < 1.29 is 4.79 Å². The maximum atomic E-state index is 12.6. The van der Waals surface area contributed by atoms with Gasteiger partial charge in [0.15, 0.2) is 0 Å². The number of anilines is 1. The molecule has 1 aliphatic heterocycles. The number of carbonyl (C=O) groups is 1. The molecule has 5 rings (SSSR count). The molecule has 0 atom stereocenters. The van der Waals surface area contributed by atoms with Crippen molar-refractivity contribution in [3.63, 3.8) is 0 Å². The second-order valence-electron chi connectivity index (χ2n) is 8.12. The Bertz CT molecular complexity index is 1150. The SMILES string of the molecule is O=C(CCSCc1nc2sc3c(c2c(=O)[nH]1)CCCC3)N1CCN(c2ncccn2)CC1. The van der Waals surface area contributed by atoms with Gasteiger partial charge in [0, 0.05) is 55.6 Å². The van der Waals surface area contributed by atoms with E-state index in [0.29, 0.717) is 36.8 Å². The van der Waals surface area contributed by atoms with Gasteiger partial charge < -0.3 is 14.8 Å². The predicted octanol–water partition coefficient (Wildman–Crippen LogP) is 2.63. The molecule has 8 nitrogen and oxygen atoms in total. The highest BCUT2D eigenvalue weighted by Gasteiger charge is 2.22. The minimum Gasteiger partial charge on any atom is -0.339 e. The lowest BCUT2D eigenvalue weighted by molar-refractivity contribution is -0.131. The highest BCUT2D eigenvalue weighted by molar-refractivity contribution is 7.98. The molecule has 32 heavy (non-hydrogen) atoms. The first kappa shape index (κ1) is 21.4. The van der Waals surface area contributed by atoms with Crippen LogP contribution in [0.4, 0.5) is 5.95 Å². The summed E-state index contributed by atoms with van der Waals surface area (Å²) in [6.07, 6.45) is 8.37. The largest absolute Gasteiger partial charge is 0.339 e. The highest BCUT2D eigenvalue weighted by Crippen LogP contribution is 2.33. The molecule has 0 saturated carbocycles. The molecule has 3 aromatic rings. The van der Waals surface area contributed by atoms with Gasteiger partial charge in [0.2, 0.25) is 11.9 Å². The van der Waals surface area contributed by atoms with E-state index >= 15 is 0 Å². The van der Waals surface area contributed by atoms with Crippen molar-refractivity contribution in [2.45, 2.75) is 37.9 Å². The number of aromatic amines is 1. The lowest BCUT2D eigenvalue weighted by atomic mass is 9.97. The number of hydrogen-bond donors (Lipinski definition) is 1. The third-order valence-corrected chi connectivity index (χ3v) is 8.20. The van der Waals surface area contributed by atoms with Crippen LogP contribution in [0.1, 0.15) is 35.5 Å². The minimum absolute atomic E-state index is 0.0126. The summed E-state index contributed by atoms with van der Waals surface area (Å²) in [6.45, 7) is 2.88. The lowest BCUT2D eigenvalue weighted by Crippen LogP contribution is -2.49. The van der Waals surface area contributed by atoms with Crippen LogP contribution in [0, 0.1) is 0 Å². The van der Waals surface area contributed by atoms with Crippen LogP contribution in [0.2, 0.25) is 0 Å². The summed E-state index contributed by atoms with van der Waals surface area (Å²) in [4.78, 5) is 47.7. The van der Waals surface area contributed by atoms with Gasteiger partial charge >= 0.3 is 0 Å². The van der Waals surface area contributed by atoms with Gasteiger partial charge in [0.05, 0.1) is 11.1 Å². The summed E-state index contributed by atoms with van der Waals surface area (Å²) in [6, 6.07) is 1.80. The first-order valence-corrected chi connectivity index (χ1v) is 13.1. The third-order valence-electron chi connectivity index (χ3n) is 6.04. The molecule has 1 amide bonds. The number of carbonyl (C=O) groups excluding carboxylic acids is 1. The first-order chi connectivity index (χ1) is 15.7. The average molecular weight is 471 g/mol. The molecule has 0 radical (unpaired) electrons. The molecule has 1 saturated heterocycles. The summed E-state index contributed by atoms with van der Waals surface area (Å²) in [7, 11) is 0. The fourth-order valence-corrected chi connectivity index (χ4v) is 6.45. The number of hydrogen-bond acceptors (Lipinski definition) is 8. The molecule has 0 unspecified atom stereocenters. The topological polar surface area (TPSA) is 95.1 Å². The number of fused-ring (bicyclic) bond motifs is 3. The van der Waals surface area contributed by atoms with Gasteiger partial charge in [-0.1, -0.05) is 0 Å². The van der Waals surface area contributed by atoms with E-state index in [1.165, 1.54) is 16.9 Å². The quantitative estimate of drug-likeness (QED) is 0.553. The Morgan fingerprint density at radius 1 is 1.12 bits per heavy atom. The summed E-state index contributed by atoms with van der Waals surface area (Å²) in [5, 5.41) is 0.800. The number of piperazine rings is 1. The van der Waals surface area contributed by atoms with Crippen LogP contribution in [-0.2, 0) is 23.4 Å². The van der Waals surface area contributed by atoms with E-state index in [2.05, 4.69) is 19.9 Å². The number of amides is 1. The minimum atomic E-state index is -0.0126. The summed E-state index contributed by atoms with van der Waals surface area (Å²) in [5.41, 5.74) is 1.20. The molecule has 10 heteroatoms.